The number of amides is 1. The number of aromatic nitrogens is 3. The zero-order valence-corrected chi connectivity index (χ0v) is 12.0. The minimum Gasteiger partial charge on any atom is -0.476 e. The van der Waals surface area contributed by atoms with E-state index in [2.05, 4.69) is 22.6 Å². The number of aromatic carboxylic acids is 1. The molecule has 7 nitrogen and oxygen atoms in total. The van der Waals surface area contributed by atoms with Crippen molar-refractivity contribution >= 4 is 11.9 Å². The number of unbranched alkanes of at least 4 members (excludes halogenated alkanes) is 1. The Morgan fingerprint density at radius 3 is 2.75 bits per heavy atom. The summed E-state index contributed by atoms with van der Waals surface area (Å²) >= 11 is 0. The number of carboxylic acids is 1. The molecule has 20 heavy (non-hydrogen) atoms. The number of hydrogen-bond acceptors (Lipinski definition) is 4. The van der Waals surface area contributed by atoms with Crippen LogP contribution < -0.4 is 5.32 Å². The number of nitrogens with one attached hydrogen (secondary N) is 1. The number of carbonyl (C=O) groups is 2. The van der Waals surface area contributed by atoms with E-state index in [1.54, 1.807) is 0 Å². The van der Waals surface area contributed by atoms with Crippen LogP contribution in [0.3, 0.4) is 0 Å². The summed E-state index contributed by atoms with van der Waals surface area (Å²) in [6.45, 7) is 4.95. The monoisotopic (exact) mass is 282 g/mol. The summed E-state index contributed by atoms with van der Waals surface area (Å²) in [6.07, 6.45) is 5.23. The number of hydrogen-bond donors (Lipinski definition) is 2. The lowest BCUT2D eigenvalue weighted by molar-refractivity contribution is -0.125. The topological polar surface area (TPSA) is 97.1 Å². The van der Waals surface area contributed by atoms with Gasteiger partial charge in [0.1, 0.15) is 0 Å². The van der Waals surface area contributed by atoms with E-state index in [9.17, 15) is 9.59 Å². The van der Waals surface area contributed by atoms with E-state index in [4.69, 9.17) is 5.11 Å². The first-order valence-corrected chi connectivity index (χ1v) is 6.99. The van der Waals surface area contributed by atoms with Crippen LogP contribution in [0.4, 0.5) is 0 Å². The highest BCUT2D eigenvalue weighted by Crippen LogP contribution is 2.12. The summed E-state index contributed by atoms with van der Waals surface area (Å²) in [5.41, 5.74) is -0.0919. The van der Waals surface area contributed by atoms with Gasteiger partial charge in [0.25, 0.3) is 0 Å². The predicted octanol–water partition coefficient (Wildman–Crippen LogP) is 1.31. The van der Waals surface area contributed by atoms with E-state index < -0.39 is 5.97 Å². The molecule has 2 N–H and O–H groups in total. The standard InChI is InChI=1S/C13H22N4O3/c1-3-5-6-10(4-2)12(18)14-7-8-17-9-11(13(19)20)15-16-17/h9-10H,3-8H2,1-2H3,(H,14,18)(H,19,20). The van der Waals surface area contributed by atoms with Crippen molar-refractivity contribution in [3.05, 3.63) is 11.9 Å². The van der Waals surface area contributed by atoms with E-state index in [1.165, 1.54) is 10.9 Å². The van der Waals surface area contributed by atoms with Crippen LogP contribution >= 0.6 is 0 Å². The summed E-state index contributed by atoms with van der Waals surface area (Å²) in [7, 11) is 0. The Labute approximate surface area is 118 Å². The molecule has 1 amide bonds. The lowest BCUT2D eigenvalue weighted by Gasteiger charge is -2.14. The highest BCUT2D eigenvalue weighted by Gasteiger charge is 2.15. The fourth-order valence-electron chi connectivity index (χ4n) is 1.91. The quantitative estimate of drug-likeness (QED) is 0.711. The Kier molecular flexibility index (Phi) is 6.69. The van der Waals surface area contributed by atoms with Crippen molar-refractivity contribution in [1.82, 2.24) is 20.3 Å². The molecule has 1 aromatic heterocycles. The second kappa shape index (κ2) is 8.29. The normalized spacial score (nSPS) is 12.1. The van der Waals surface area contributed by atoms with Gasteiger partial charge in [-0.15, -0.1) is 5.10 Å². The molecule has 0 saturated heterocycles. The summed E-state index contributed by atoms with van der Waals surface area (Å²) in [5, 5.41) is 18.8. The molecule has 0 saturated carbocycles. The lowest BCUT2D eigenvalue weighted by atomic mass is 9.98. The first-order valence-electron chi connectivity index (χ1n) is 6.99. The van der Waals surface area contributed by atoms with Crippen LogP contribution in [0.15, 0.2) is 6.20 Å². The molecular weight excluding hydrogens is 260 g/mol. The van der Waals surface area contributed by atoms with E-state index in [1.807, 2.05) is 6.92 Å². The van der Waals surface area contributed by atoms with Crippen molar-refractivity contribution in [2.45, 2.75) is 46.1 Å². The zero-order valence-electron chi connectivity index (χ0n) is 12.0. The number of carboxylic acid groups (broad SMARTS) is 1. The predicted molar refractivity (Wildman–Crippen MR) is 73.3 cm³/mol. The Bertz CT molecular complexity index is 445. The van der Waals surface area contributed by atoms with Gasteiger partial charge >= 0.3 is 5.97 Å². The first-order chi connectivity index (χ1) is 9.58. The first kappa shape index (κ1) is 16.1. The van der Waals surface area contributed by atoms with Gasteiger partial charge in [0.05, 0.1) is 12.7 Å². The molecule has 0 aliphatic carbocycles. The van der Waals surface area contributed by atoms with E-state index in [-0.39, 0.29) is 17.5 Å². The maximum absolute atomic E-state index is 11.9. The van der Waals surface area contributed by atoms with E-state index in [0.717, 1.165) is 25.7 Å². The molecule has 1 aromatic rings. The number of nitrogens with zero attached hydrogens (tertiary/aromatic N) is 3. The molecule has 0 radical (unpaired) electrons. The van der Waals surface area contributed by atoms with Crippen LogP contribution in [0.5, 0.6) is 0 Å². The van der Waals surface area contributed by atoms with Crippen molar-refractivity contribution in [2.24, 2.45) is 5.92 Å². The van der Waals surface area contributed by atoms with Crippen molar-refractivity contribution < 1.29 is 14.7 Å². The van der Waals surface area contributed by atoms with Crippen molar-refractivity contribution in [3.8, 4) is 0 Å². The maximum atomic E-state index is 11.9. The summed E-state index contributed by atoms with van der Waals surface area (Å²) in [5.74, 6) is -0.995. The van der Waals surface area contributed by atoms with Crippen molar-refractivity contribution in [1.29, 1.82) is 0 Å². The Hall–Kier alpha value is -1.92. The summed E-state index contributed by atoms with van der Waals surface area (Å²) < 4.78 is 1.41. The SMILES string of the molecule is CCCCC(CC)C(=O)NCCn1cc(C(=O)O)nn1. The summed E-state index contributed by atoms with van der Waals surface area (Å²) in [6, 6.07) is 0. The van der Waals surface area contributed by atoms with Gasteiger partial charge in [-0.2, -0.15) is 0 Å². The third-order valence-corrected chi connectivity index (χ3v) is 3.17. The lowest BCUT2D eigenvalue weighted by Crippen LogP contribution is -2.33. The van der Waals surface area contributed by atoms with Gasteiger partial charge in [-0.3, -0.25) is 4.79 Å². The van der Waals surface area contributed by atoms with Crippen LogP contribution in [0.2, 0.25) is 0 Å². The van der Waals surface area contributed by atoms with Gasteiger partial charge in [0, 0.05) is 12.5 Å². The second-order valence-corrected chi connectivity index (χ2v) is 4.71. The molecule has 1 atom stereocenters. The van der Waals surface area contributed by atoms with Gasteiger partial charge in [-0.1, -0.05) is 31.9 Å². The summed E-state index contributed by atoms with van der Waals surface area (Å²) in [4.78, 5) is 22.6. The second-order valence-electron chi connectivity index (χ2n) is 4.71. The highest BCUT2D eigenvalue weighted by molar-refractivity contribution is 5.84. The van der Waals surface area contributed by atoms with Crippen LogP contribution in [0.25, 0.3) is 0 Å². The Balaban J connectivity index is 2.34. The molecule has 0 bridgehead atoms. The fraction of sp³-hybridized carbons (Fsp3) is 0.692. The molecule has 0 aliphatic heterocycles. The van der Waals surface area contributed by atoms with Crippen molar-refractivity contribution in [3.63, 3.8) is 0 Å². The molecule has 7 heteroatoms. The van der Waals surface area contributed by atoms with Crippen LogP contribution in [-0.2, 0) is 11.3 Å². The van der Waals surface area contributed by atoms with E-state index >= 15 is 0 Å². The average molecular weight is 282 g/mol. The molecule has 1 rings (SSSR count). The molecular formula is C13H22N4O3. The maximum Gasteiger partial charge on any atom is 0.358 e. The van der Waals surface area contributed by atoms with Crippen LogP contribution in [0.1, 0.15) is 50.0 Å². The average Bonchev–Trinajstić information content (AvgIpc) is 2.88. The van der Waals surface area contributed by atoms with Gasteiger partial charge in [0.15, 0.2) is 5.69 Å². The Morgan fingerprint density at radius 2 is 2.20 bits per heavy atom. The van der Waals surface area contributed by atoms with Gasteiger partial charge in [-0.05, 0) is 12.8 Å². The molecule has 0 aromatic carbocycles. The zero-order chi connectivity index (χ0) is 15.0. The number of rotatable bonds is 9. The fourth-order valence-corrected chi connectivity index (χ4v) is 1.91. The van der Waals surface area contributed by atoms with Gasteiger partial charge in [0.2, 0.25) is 5.91 Å². The van der Waals surface area contributed by atoms with E-state index in [0.29, 0.717) is 13.1 Å². The van der Waals surface area contributed by atoms with Gasteiger partial charge in [-0.25, -0.2) is 9.48 Å². The van der Waals surface area contributed by atoms with Crippen LogP contribution in [-0.4, -0.2) is 38.5 Å². The number of carbonyl (C=O) groups excluding carboxylic acids is 1. The van der Waals surface area contributed by atoms with Gasteiger partial charge < -0.3 is 10.4 Å². The highest BCUT2D eigenvalue weighted by atomic mass is 16.4. The molecule has 1 unspecified atom stereocenters. The molecule has 0 aliphatic rings. The smallest absolute Gasteiger partial charge is 0.358 e. The molecule has 1 heterocycles. The third kappa shape index (κ3) is 4.99. The molecule has 0 spiro atoms. The van der Waals surface area contributed by atoms with Crippen molar-refractivity contribution in [2.75, 3.05) is 6.54 Å². The third-order valence-electron chi connectivity index (χ3n) is 3.17. The largest absolute Gasteiger partial charge is 0.476 e. The molecule has 112 valence electrons. The minimum atomic E-state index is -1.11. The van der Waals surface area contributed by atoms with Crippen LogP contribution in [0, 0.1) is 5.92 Å². The molecule has 0 fully saturated rings. The Morgan fingerprint density at radius 1 is 1.45 bits per heavy atom. The minimum absolute atomic E-state index is 0.0551.